The molecule has 1 heterocycles. The molecule has 3 nitrogen and oxygen atoms in total. The fourth-order valence-electron chi connectivity index (χ4n) is 3.76. The Morgan fingerprint density at radius 1 is 0.808 bits per heavy atom. The van der Waals surface area contributed by atoms with E-state index < -0.39 is 0 Å². The van der Waals surface area contributed by atoms with E-state index in [2.05, 4.69) is 30.0 Å². The Morgan fingerprint density at radius 3 is 2.04 bits per heavy atom. The second kappa shape index (κ2) is 6.68. The molecule has 0 radical (unpaired) electrons. The van der Waals surface area contributed by atoms with Gasteiger partial charge < -0.3 is 9.80 Å². The molecular weight excluding hydrogens is 320 g/mol. The summed E-state index contributed by atoms with van der Waals surface area (Å²) >= 11 is 0. The summed E-state index contributed by atoms with van der Waals surface area (Å²) in [7, 11) is 2.00. The van der Waals surface area contributed by atoms with Crippen LogP contribution in [-0.2, 0) is 4.79 Å². The number of benzene rings is 3. The van der Waals surface area contributed by atoms with Gasteiger partial charge in [-0.25, -0.2) is 0 Å². The third kappa shape index (κ3) is 2.66. The van der Waals surface area contributed by atoms with Gasteiger partial charge in [0, 0.05) is 18.4 Å². The largest absolute Gasteiger partial charge is 0.361 e. The van der Waals surface area contributed by atoms with Gasteiger partial charge in [-0.3, -0.25) is 4.79 Å². The fraction of sp³-hybridized carbons (Fsp3) is 0.174. The average molecular weight is 342 g/mol. The van der Waals surface area contributed by atoms with Crippen LogP contribution in [0.2, 0.25) is 0 Å². The van der Waals surface area contributed by atoms with E-state index in [1.807, 2.05) is 78.7 Å². The maximum absolute atomic E-state index is 13.2. The molecule has 0 spiro atoms. The molecular formula is C23H22N2O. The van der Waals surface area contributed by atoms with Crippen LogP contribution in [0.15, 0.2) is 84.9 Å². The monoisotopic (exact) mass is 342 g/mol. The number of aryl methyl sites for hydroxylation is 1. The van der Waals surface area contributed by atoms with Crippen LogP contribution >= 0.6 is 0 Å². The molecule has 1 aliphatic heterocycles. The molecule has 0 saturated carbocycles. The van der Waals surface area contributed by atoms with Crippen LogP contribution in [0.3, 0.4) is 0 Å². The Balaban J connectivity index is 1.76. The van der Waals surface area contributed by atoms with Crippen LogP contribution in [0.1, 0.15) is 17.2 Å². The minimum Gasteiger partial charge on any atom is -0.361 e. The second-order valence-electron chi connectivity index (χ2n) is 6.74. The van der Waals surface area contributed by atoms with E-state index in [9.17, 15) is 4.79 Å². The highest BCUT2D eigenvalue weighted by Crippen LogP contribution is 2.43. The highest BCUT2D eigenvalue weighted by Gasteiger charge is 2.51. The van der Waals surface area contributed by atoms with Gasteiger partial charge in [0.2, 0.25) is 0 Å². The van der Waals surface area contributed by atoms with E-state index in [1.54, 1.807) is 0 Å². The van der Waals surface area contributed by atoms with Gasteiger partial charge >= 0.3 is 0 Å². The van der Waals surface area contributed by atoms with Crippen LogP contribution < -0.4 is 9.80 Å². The molecule has 0 bridgehead atoms. The normalized spacial score (nSPS) is 19.2. The van der Waals surface area contributed by atoms with Crippen molar-refractivity contribution in [3.05, 3.63) is 96.1 Å². The number of rotatable bonds is 4. The van der Waals surface area contributed by atoms with Crippen LogP contribution in [-0.4, -0.2) is 19.0 Å². The number of nitrogens with zero attached hydrogens (tertiary/aromatic N) is 2. The highest BCUT2D eigenvalue weighted by molar-refractivity contribution is 6.08. The van der Waals surface area contributed by atoms with Crippen molar-refractivity contribution in [2.24, 2.45) is 0 Å². The number of likely N-dealkylation sites (N-methyl/N-ethyl adjacent to an activating group) is 1. The zero-order valence-electron chi connectivity index (χ0n) is 15.0. The first kappa shape index (κ1) is 16.4. The van der Waals surface area contributed by atoms with Crippen LogP contribution in [0.4, 0.5) is 11.4 Å². The van der Waals surface area contributed by atoms with Crippen molar-refractivity contribution in [1.29, 1.82) is 0 Å². The molecule has 1 fully saturated rings. The first-order chi connectivity index (χ1) is 12.7. The van der Waals surface area contributed by atoms with Crippen molar-refractivity contribution in [1.82, 2.24) is 0 Å². The van der Waals surface area contributed by atoms with Gasteiger partial charge in [0.1, 0.15) is 6.04 Å². The van der Waals surface area contributed by atoms with Gasteiger partial charge in [0.05, 0.1) is 6.04 Å². The number of hydrogen-bond donors (Lipinski definition) is 0. The molecule has 130 valence electrons. The molecule has 0 aromatic heterocycles. The Bertz CT molecular complexity index is 908. The van der Waals surface area contributed by atoms with E-state index in [0.29, 0.717) is 0 Å². The molecule has 1 saturated heterocycles. The van der Waals surface area contributed by atoms with Gasteiger partial charge in [0.25, 0.3) is 5.91 Å². The van der Waals surface area contributed by atoms with Crippen molar-refractivity contribution in [3.8, 4) is 0 Å². The summed E-state index contributed by atoms with van der Waals surface area (Å²) in [6, 6.07) is 28.3. The number of hydrogen-bond acceptors (Lipinski definition) is 2. The molecule has 26 heavy (non-hydrogen) atoms. The summed E-state index contributed by atoms with van der Waals surface area (Å²) in [5.74, 6) is 0.138. The van der Waals surface area contributed by atoms with Crippen LogP contribution in [0.5, 0.6) is 0 Å². The summed E-state index contributed by atoms with van der Waals surface area (Å²) in [4.78, 5) is 17.2. The number of β-lactam (4-membered cyclic amide) rings is 1. The molecule has 1 amide bonds. The maximum atomic E-state index is 13.2. The minimum atomic E-state index is -0.209. The Hall–Kier alpha value is -3.07. The first-order valence-electron chi connectivity index (χ1n) is 8.90. The Morgan fingerprint density at radius 2 is 1.38 bits per heavy atom. The van der Waals surface area contributed by atoms with E-state index in [4.69, 9.17) is 0 Å². The van der Waals surface area contributed by atoms with Crippen LogP contribution in [0.25, 0.3) is 0 Å². The van der Waals surface area contributed by atoms with Gasteiger partial charge in [-0.15, -0.1) is 0 Å². The van der Waals surface area contributed by atoms with E-state index in [-0.39, 0.29) is 18.0 Å². The third-order valence-corrected chi connectivity index (χ3v) is 5.16. The number of carbonyl (C=O) groups excluding carboxylic acids is 1. The van der Waals surface area contributed by atoms with E-state index in [0.717, 1.165) is 22.5 Å². The Labute approximate surface area is 154 Å². The van der Waals surface area contributed by atoms with Gasteiger partial charge in [-0.2, -0.15) is 0 Å². The molecule has 2 atom stereocenters. The lowest BCUT2D eigenvalue weighted by Gasteiger charge is -2.51. The Kier molecular flexibility index (Phi) is 4.21. The lowest BCUT2D eigenvalue weighted by molar-refractivity contribution is -0.126. The SMILES string of the molecule is Cc1ccccc1N1C(=O)C(N(C)c2ccccc2)C1c1ccccc1. The second-order valence-corrected chi connectivity index (χ2v) is 6.74. The first-order valence-corrected chi connectivity index (χ1v) is 8.90. The zero-order valence-corrected chi connectivity index (χ0v) is 15.0. The molecule has 3 aromatic rings. The average Bonchev–Trinajstić information content (AvgIpc) is 2.69. The topological polar surface area (TPSA) is 23.6 Å². The maximum Gasteiger partial charge on any atom is 0.252 e. The summed E-state index contributed by atoms with van der Waals surface area (Å²) in [6.07, 6.45) is 0. The van der Waals surface area contributed by atoms with Crippen LogP contribution in [0, 0.1) is 6.92 Å². The predicted octanol–water partition coefficient (Wildman–Crippen LogP) is 4.59. The molecule has 0 N–H and O–H groups in total. The molecule has 2 unspecified atom stereocenters. The summed E-state index contributed by atoms with van der Waals surface area (Å²) in [5.41, 5.74) is 4.31. The lowest BCUT2D eigenvalue weighted by atomic mass is 9.86. The highest BCUT2D eigenvalue weighted by atomic mass is 16.2. The van der Waals surface area contributed by atoms with Crippen molar-refractivity contribution in [2.75, 3.05) is 16.8 Å². The summed E-state index contributed by atoms with van der Waals surface area (Å²) in [6.45, 7) is 2.05. The molecule has 3 aromatic carbocycles. The predicted molar refractivity (Wildman–Crippen MR) is 106 cm³/mol. The van der Waals surface area contributed by atoms with Crippen molar-refractivity contribution in [2.45, 2.75) is 19.0 Å². The fourth-order valence-corrected chi connectivity index (χ4v) is 3.76. The van der Waals surface area contributed by atoms with Gasteiger partial charge in [-0.05, 0) is 36.2 Å². The summed E-state index contributed by atoms with van der Waals surface area (Å²) in [5, 5.41) is 0. The van der Waals surface area contributed by atoms with Crippen molar-refractivity contribution < 1.29 is 4.79 Å². The van der Waals surface area contributed by atoms with E-state index >= 15 is 0 Å². The van der Waals surface area contributed by atoms with Crippen molar-refractivity contribution in [3.63, 3.8) is 0 Å². The van der Waals surface area contributed by atoms with E-state index in [1.165, 1.54) is 0 Å². The molecule has 1 aliphatic rings. The number of carbonyl (C=O) groups is 1. The molecule has 0 aliphatic carbocycles. The number of amides is 1. The van der Waals surface area contributed by atoms with Gasteiger partial charge in [0.15, 0.2) is 0 Å². The molecule has 4 rings (SSSR count). The quantitative estimate of drug-likeness (QED) is 0.648. The van der Waals surface area contributed by atoms with Gasteiger partial charge in [-0.1, -0.05) is 66.7 Å². The third-order valence-electron chi connectivity index (χ3n) is 5.16. The molecule has 3 heteroatoms. The number of para-hydroxylation sites is 2. The van der Waals surface area contributed by atoms with Crippen molar-refractivity contribution >= 4 is 17.3 Å². The summed E-state index contributed by atoms with van der Waals surface area (Å²) < 4.78 is 0. The minimum absolute atomic E-state index is 0.00462. The smallest absolute Gasteiger partial charge is 0.252 e. The zero-order chi connectivity index (χ0) is 18.1. The standard InChI is InChI=1S/C23H22N2O/c1-17-11-9-10-16-20(17)25-21(18-12-5-3-6-13-18)22(23(25)26)24(2)19-14-7-4-8-15-19/h3-16,21-22H,1-2H3. The number of anilines is 2. The lowest BCUT2D eigenvalue weighted by Crippen LogP contribution is -2.65.